The van der Waals surface area contributed by atoms with Crippen LogP contribution in [0.3, 0.4) is 0 Å². The van der Waals surface area contributed by atoms with Crippen LogP contribution in [0.25, 0.3) is 0 Å². The van der Waals surface area contributed by atoms with Crippen LogP contribution in [0.1, 0.15) is 55.6 Å². The van der Waals surface area contributed by atoms with E-state index in [1.54, 1.807) is 12.1 Å². The molecule has 2 N–H and O–H groups in total. The molecular weight excluding hydrogens is 455 g/mol. The number of hydrogen-bond acceptors (Lipinski definition) is 2. The van der Waals surface area contributed by atoms with Crippen LogP contribution in [0.2, 0.25) is 5.02 Å². The Labute approximate surface area is 195 Å². The van der Waals surface area contributed by atoms with E-state index in [9.17, 15) is 27.9 Å². The van der Waals surface area contributed by atoms with Crippen molar-refractivity contribution in [2.24, 2.45) is 11.3 Å². The van der Waals surface area contributed by atoms with Gasteiger partial charge in [0.25, 0.3) is 5.92 Å². The van der Waals surface area contributed by atoms with Gasteiger partial charge in [0.2, 0.25) is 5.91 Å². The number of halogens is 4. The maximum Gasteiger partial charge on any atom is 0.309 e. The number of hydrogen-bond donors (Lipinski definition) is 2. The SMILES string of the molecule is O=C(Nc1cc(CC2(C(=O)O)CCC2)ccc1F)[C@H](c1ccc(Cl)cc1)C1CCCC1(F)F. The molecule has 4 nitrogen and oxygen atoms in total. The minimum atomic E-state index is -3.01. The average molecular weight is 480 g/mol. The van der Waals surface area contributed by atoms with Gasteiger partial charge in [-0.1, -0.05) is 36.2 Å². The molecule has 2 aromatic carbocycles. The van der Waals surface area contributed by atoms with Gasteiger partial charge in [0.05, 0.1) is 17.0 Å². The Morgan fingerprint density at radius 1 is 1.09 bits per heavy atom. The van der Waals surface area contributed by atoms with E-state index in [2.05, 4.69) is 5.32 Å². The summed E-state index contributed by atoms with van der Waals surface area (Å²) in [5.74, 6) is -7.74. The van der Waals surface area contributed by atoms with Crippen molar-refractivity contribution in [3.8, 4) is 0 Å². The maximum absolute atomic E-state index is 14.6. The number of carboxylic acid groups (broad SMARTS) is 1. The fourth-order valence-corrected chi connectivity index (χ4v) is 5.18. The van der Waals surface area contributed by atoms with Crippen LogP contribution in [0.15, 0.2) is 42.5 Å². The van der Waals surface area contributed by atoms with Gasteiger partial charge in [-0.25, -0.2) is 13.2 Å². The molecule has 2 aliphatic rings. The topological polar surface area (TPSA) is 66.4 Å². The fourth-order valence-electron chi connectivity index (χ4n) is 5.05. The van der Waals surface area contributed by atoms with Gasteiger partial charge in [0.1, 0.15) is 5.82 Å². The van der Waals surface area contributed by atoms with Gasteiger partial charge in [0, 0.05) is 17.4 Å². The summed E-state index contributed by atoms with van der Waals surface area (Å²) in [7, 11) is 0. The molecule has 2 aliphatic carbocycles. The highest BCUT2D eigenvalue weighted by Crippen LogP contribution is 2.48. The van der Waals surface area contributed by atoms with Crippen LogP contribution >= 0.6 is 11.6 Å². The van der Waals surface area contributed by atoms with Gasteiger partial charge in [-0.05, 0) is 67.5 Å². The predicted octanol–water partition coefficient (Wildman–Crippen LogP) is 6.43. The molecule has 2 aromatic rings. The number of carbonyl (C=O) groups excluding carboxylic acids is 1. The molecule has 2 saturated carbocycles. The van der Waals surface area contributed by atoms with Crippen LogP contribution in [-0.4, -0.2) is 22.9 Å². The lowest BCUT2D eigenvalue weighted by Crippen LogP contribution is -2.39. The Morgan fingerprint density at radius 2 is 1.79 bits per heavy atom. The Kier molecular flexibility index (Phi) is 6.45. The standard InChI is InChI=1S/C25H25ClF3NO3/c26-17-7-5-16(6-8-17)21(18-3-1-12-25(18,28)29)22(31)30-20-13-15(4-9-19(20)27)14-24(23(32)33)10-2-11-24/h4-9,13,18,21H,1-3,10-12,14H2,(H,30,31)(H,32,33)/t18?,21-/m1/s1. The normalized spacial score (nSPS) is 21.8. The minimum absolute atomic E-state index is 0.141. The molecule has 8 heteroatoms. The summed E-state index contributed by atoms with van der Waals surface area (Å²) in [5.41, 5.74) is -0.0587. The van der Waals surface area contributed by atoms with Crippen molar-refractivity contribution < 1.29 is 27.9 Å². The summed E-state index contributed by atoms with van der Waals surface area (Å²) < 4.78 is 43.8. The van der Waals surface area contributed by atoms with Crippen molar-refractivity contribution in [3.05, 3.63) is 64.4 Å². The molecule has 0 bridgehead atoms. The van der Waals surface area contributed by atoms with Crippen LogP contribution < -0.4 is 5.32 Å². The number of benzene rings is 2. The second kappa shape index (κ2) is 9.01. The van der Waals surface area contributed by atoms with E-state index in [0.717, 1.165) is 6.42 Å². The highest BCUT2D eigenvalue weighted by molar-refractivity contribution is 6.30. The van der Waals surface area contributed by atoms with Gasteiger partial charge < -0.3 is 10.4 Å². The van der Waals surface area contributed by atoms with E-state index in [4.69, 9.17) is 11.6 Å². The molecule has 0 heterocycles. The van der Waals surface area contributed by atoms with E-state index in [0.29, 0.717) is 35.4 Å². The second-order valence-electron chi connectivity index (χ2n) is 9.21. The van der Waals surface area contributed by atoms with Crippen molar-refractivity contribution in [3.63, 3.8) is 0 Å². The summed E-state index contributed by atoms with van der Waals surface area (Å²) in [6.45, 7) is 0. The molecule has 33 heavy (non-hydrogen) atoms. The van der Waals surface area contributed by atoms with Gasteiger partial charge >= 0.3 is 5.97 Å². The van der Waals surface area contributed by atoms with Gasteiger partial charge in [-0.15, -0.1) is 0 Å². The first-order valence-electron chi connectivity index (χ1n) is 11.1. The zero-order valence-corrected chi connectivity index (χ0v) is 18.7. The van der Waals surface area contributed by atoms with Gasteiger partial charge in [-0.3, -0.25) is 9.59 Å². The molecule has 0 saturated heterocycles. The monoisotopic (exact) mass is 479 g/mol. The molecule has 0 aliphatic heterocycles. The van der Waals surface area contributed by atoms with Crippen LogP contribution in [0.4, 0.5) is 18.9 Å². The number of anilines is 1. The van der Waals surface area contributed by atoms with Crippen LogP contribution in [-0.2, 0) is 16.0 Å². The zero-order valence-electron chi connectivity index (χ0n) is 17.9. The average Bonchev–Trinajstić information content (AvgIpc) is 3.07. The quantitative estimate of drug-likeness (QED) is 0.480. The number of aliphatic carboxylic acids is 1. The molecule has 176 valence electrons. The first-order chi connectivity index (χ1) is 15.6. The van der Waals surface area contributed by atoms with Gasteiger partial charge in [-0.2, -0.15) is 0 Å². The number of rotatable bonds is 7. The summed E-state index contributed by atoms with van der Waals surface area (Å²) in [4.78, 5) is 25.0. The van der Waals surface area contributed by atoms with Crippen LogP contribution in [0, 0.1) is 17.2 Å². The van der Waals surface area contributed by atoms with E-state index >= 15 is 0 Å². The first kappa shape index (κ1) is 23.6. The van der Waals surface area contributed by atoms with Crippen molar-refractivity contribution in [2.45, 2.75) is 56.8 Å². The summed E-state index contributed by atoms with van der Waals surface area (Å²) in [6, 6.07) is 10.2. The molecule has 0 spiro atoms. The lowest BCUT2D eigenvalue weighted by atomic mass is 9.65. The highest BCUT2D eigenvalue weighted by atomic mass is 35.5. The van der Waals surface area contributed by atoms with Crippen molar-refractivity contribution in [2.75, 3.05) is 5.32 Å². The largest absolute Gasteiger partial charge is 0.481 e. The molecule has 2 atom stereocenters. The predicted molar refractivity (Wildman–Crippen MR) is 119 cm³/mol. The lowest BCUT2D eigenvalue weighted by molar-refractivity contribution is -0.154. The summed E-state index contributed by atoms with van der Waals surface area (Å²) in [6.07, 6.45) is 2.29. The fraction of sp³-hybridized carbons (Fsp3) is 0.440. The molecule has 4 rings (SSSR count). The lowest BCUT2D eigenvalue weighted by Gasteiger charge is -2.37. The number of carbonyl (C=O) groups is 2. The molecule has 1 amide bonds. The van der Waals surface area contributed by atoms with E-state index < -0.39 is 40.9 Å². The minimum Gasteiger partial charge on any atom is -0.481 e. The Hall–Kier alpha value is -2.54. The number of nitrogens with one attached hydrogen (secondary N) is 1. The molecule has 2 fully saturated rings. The first-order valence-corrected chi connectivity index (χ1v) is 11.5. The molecule has 0 aromatic heterocycles. The molecular formula is C25H25ClF3NO3. The summed E-state index contributed by atoms with van der Waals surface area (Å²) >= 11 is 5.93. The zero-order chi connectivity index (χ0) is 23.8. The van der Waals surface area contributed by atoms with E-state index in [1.165, 1.54) is 30.3 Å². The summed E-state index contributed by atoms with van der Waals surface area (Å²) in [5, 5.41) is 12.5. The van der Waals surface area contributed by atoms with E-state index in [-0.39, 0.29) is 24.9 Å². The van der Waals surface area contributed by atoms with Gasteiger partial charge in [0.15, 0.2) is 0 Å². The number of alkyl halides is 2. The van der Waals surface area contributed by atoms with Crippen molar-refractivity contribution >= 4 is 29.2 Å². The molecule has 1 unspecified atom stereocenters. The third kappa shape index (κ3) is 4.74. The Balaban J connectivity index is 1.61. The third-order valence-corrected chi connectivity index (χ3v) is 7.33. The third-order valence-electron chi connectivity index (χ3n) is 7.08. The highest BCUT2D eigenvalue weighted by Gasteiger charge is 2.50. The number of amides is 1. The Morgan fingerprint density at radius 3 is 2.33 bits per heavy atom. The number of carboxylic acids is 1. The van der Waals surface area contributed by atoms with E-state index in [1.807, 2.05) is 0 Å². The Bertz CT molecular complexity index is 1050. The molecule has 0 radical (unpaired) electrons. The maximum atomic E-state index is 14.6. The second-order valence-corrected chi connectivity index (χ2v) is 9.64. The van der Waals surface area contributed by atoms with Crippen LogP contribution in [0.5, 0.6) is 0 Å². The van der Waals surface area contributed by atoms with Crippen molar-refractivity contribution in [1.29, 1.82) is 0 Å². The van der Waals surface area contributed by atoms with Crippen molar-refractivity contribution in [1.82, 2.24) is 0 Å². The smallest absolute Gasteiger partial charge is 0.309 e.